The highest BCUT2D eigenvalue weighted by Crippen LogP contribution is 2.25. The zero-order valence-corrected chi connectivity index (χ0v) is 10.3. The number of nitriles is 1. The monoisotopic (exact) mass is 223 g/mol. The van der Waals surface area contributed by atoms with Gasteiger partial charge in [0, 0.05) is 6.04 Å². The molecule has 4 atom stereocenters. The molecule has 0 bridgehead atoms. The molecule has 0 aromatic rings. The molecule has 1 aliphatic heterocycles. The van der Waals surface area contributed by atoms with E-state index in [4.69, 9.17) is 11.0 Å². The summed E-state index contributed by atoms with van der Waals surface area (Å²) in [5.41, 5.74) is 5.93. The van der Waals surface area contributed by atoms with Gasteiger partial charge in [-0.05, 0) is 25.7 Å². The summed E-state index contributed by atoms with van der Waals surface area (Å²) in [6.45, 7) is 5.98. The fourth-order valence-electron chi connectivity index (χ4n) is 2.15. The Morgan fingerprint density at radius 3 is 2.75 bits per heavy atom. The van der Waals surface area contributed by atoms with E-state index in [9.17, 15) is 4.79 Å². The minimum Gasteiger partial charge on any atom is -0.323 e. The summed E-state index contributed by atoms with van der Waals surface area (Å²) in [7, 11) is 0. The Hall–Kier alpha value is -1.08. The van der Waals surface area contributed by atoms with Crippen LogP contribution in [-0.4, -0.2) is 28.9 Å². The zero-order valence-electron chi connectivity index (χ0n) is 10.3. The van der Waals surface area contributed by atoms with Crippen molar-refractivity contribution in [2.75, 3.05) is 0 Å². The molecule has 16 heavy (non-hydrogen) atoms. The first-order chi connectivity index (χ1) is 7.52. The Bertz CT molecular complexity index is 297. The van der Waals surface area contributed by atoms with E-state index in [1.807, 2.05) is 20.8 Å². The van der Waals surface area contributed by atoms with E-state index in [-0.39, 0.29) is 23.9 Å². The van der Waals surface area contributed by atoms with Crippen LogP contribution < -0.4 is 5.73 Å². The molecule has 1 rings (SSSR count). The van der Waals surface area contributed by atoms with E-state index in [1.54, 1.807) is 4.90 Å². The maximum Gasteiger partial charge on any atom is 0.241 e. The van der Waals surface area contributed by atoms with Gasteiger partial charge in [-0.3, -0.25) is 4.79 Å². The molecule has 0 spiro atoms. The largest absolute Gasteiger partial charge is 0.323 e. The van der Waals surface area contributed by atoms with Crippen LogP contribution in [0.2, 0.25) is 0 Å². The molecule has 1 heterocycles. The summed E-state index contributed by atoms with van der Waals surface area (Å²) in [5, 5.41) is 9.00. The van der Waals surface area contributed by atoms with Crippen LogP contribution in [-0.2, 0) is 4.79 Å². The summed E-state index contributed by atoms with van der Waals surface area (Å²) in [4.78, 5) is 13.9. The number of hydrogen-bond donors (Lipinski definition) is 1. The van der Waals surface area contributed by atoms with Crippen molar-refractivity contribution in [3.63, 3.8) is 0 Å². The first-order valence-electron chi connectivity index (χ1n) is 6.00. The average molecular weight is 223 g/mol. The van der Waals surface area contributed by atoms with Crippen LogP contribution in [0.25, 0.3) is 0 Å². The van der Waals surface area contributed by atoms with Gasteiger partial charge in [0.15, 0.2) is 0 Å². The van der Waals surface area contributed by atoms with Gasteiger partial charge in [0.05, 0.1) is 12.1 Å². The van der Waals surface area contributed by atoms with Gasteiger partial charge < -0.3 is 10.6 Å². The summed E-state index contributed by atoms with van der Waals surface area (Å²) < 4.78 is 0. The lowest BCUT2D eigenvalue weighted by Gasteiger charge is -2.29. The molecule has 4 heteroatoms. The predicted molar refractivity (Wildman–Crippen MR) is 62.4 cm³/mol. The van der Waals surface area contributed by atoms with Gasteiger partial charge in [0.25, 0.3) is 0 Å². The van der Waals surface area contributed by atoms with Crippen molar-refractivity contribution < 1.29 is 4.79 Å². The molecule has 0 aliphatic carbocycles. The Morgan fingerprint density at radius 1 is 1.62 bits per heavy atom. The number of carbonyl (C=O) groups is 1. The molecule has 0 unspecified atom stereocenters. The fraction of sp³-hybridized carbons (Fsp3) is 0.833. The van der Waals surface area contributed by atoms with Crippen LogP contribution in [0.1, 0.15) is 40.0 Å². The lowest BCUT2D eigenvalue weighted by atomic mass is 9.98. The Balaban J connectivity index is 2.76. The predicted octanol–water partition coefficient (Wildman–Crippen LogP) is 1.26. The molecule has 0 aromatic carbocycles. The molecule has 0 aromatic heterocycles. The Kier molecular flexibility index (Phi) is 4.31. The standard InChI is InChI=1S/C12H21N3O/c1-4-8(2)11(14)12(16)15-9(3)5-6-10(15)7-13/h8-11H,4-6,14H2,1-3H3/t8-,9+,10+,11-/m1/s1. The van der Waals surface area contributed by atoms with Crippen LogP contribution in [0, 0.1) is 17.2 Å². The number of likely N-dealkylation sites (tertiary alicyclic amines) is 1. The normalized spacial score (nSPS) is 28.6. The molecular formula is C12H21N3O. The van der Waals surface area contributed by atoms with Crippen molar-refractivity contribution in [1.29, 1.82) is 5.26 Å². The van der Waals surface area contributed by atoms with Crippen LogP contribution in [0.5, 0.6) is 0 Å². The highest BCUT2D eigenvalue weighted by Gasteiger charge is 2.37. The molecule has 1 fully saturated rings. The van der Waals surface area contributed by atoms with Crippen LogP contribution in [0.4, 0.5) is 0 Å². The van der Waals surface area contributed by atoms with Crippen LogP contribution >= 0.6 is 0 Å². The van der Waals surface area contributed by atoms with Gasteiger partial charge in [-0.1, -0.05) is 20.3 Å². The van der Waals surface area contributed by atoms with E-state index in [0.717, 1.165) is 19.3 Å². The maximum atomic E-state index is 12.2. The third kappa shape index (κ3) is 2.35. The van der Waals surface area contributed by atoms with Crippen molar-refractivity contribution in [1.82, 2.24) is 4.90 Å². The van der Waals surface area contributed by atoms with E-state index < -0.39 is 6.04 Å². The van der Waals surface area contributed by atoms with Crippen molar-refractivity contribution in [3.8, 4) is 6.07 Å². The number of nitrogens with zero attached hydrogens (tertiary/aromatic N) is 2. The molecular weight excluding hydrogens is 202 g/mol. The van der Waals surface area contributed by atoms with Crippen molar-refractivity contribution in [2.24, 2.45) is 11.7 Å². The SMILES string of the molecule is CC[C@@H](C)[C@@H](N)C(=O)N1[C@H](C#N)CC[C@@H]1C. The summed E-state index contributed by atoms with van der Waals surface area (Å²) >= 11 is 0. The second kappa shape index (κ2) is 5.31. The Morgan fingerprint density at radius 2 is 2.25 bits per heavy atom. The van der Waals surface area contributed by atoms with Crippen LogP contribution in [0.15, 0.2) is 0 Å². The quantitative estimate of drug-likeness (QED) is 0.783. The number of amides is 1. The highest BCUT2D eigenvalue weighted by atomic mass is 16.2. The molecule has 90 valence electrons. The minimum atomic E-state index is -0.471. The summed E-state index contributed by atoms with van der Waals surface area (Å²) in [6, 6.07) is 1.58. The highest BCUT2D eigenvalue weighted by molar-refractivity contribution is 5.83. The smallest absolute Gasteiger partial charge is 0.241 e. The molecule has 0 saturated carbocycles. The first kappa shape index (κ1) is 13.0. The van der Waals surface area contributed by atoms with Crippen molar-refractivity contribution in [2.45, 2.75) is 58.2 Å². The molecule has 1 amide bonds. The second-order valence-corrected chi connectivity index (χ2v) is 4.73. The third-order valence-corrected chi connectivity index (χ3v) is 3.61. The van der Waals surface area contributed by atoms with Crippen molar-refractivity contribution >= 4 is 5.91 Å². The maximum absolute atomic E-state index is 12.2. The van der Waals surface area contributed by atoms with E-state index in [1.165, 1.54) is 0 Å². The minimum absolute atomic E-state index is 0.0640. The van der Waals surface area contributed by atoms with Gasteiger partial charge in [-0.25, -0.2) is 0 Å². The molecule has 0 radical (unpaired) electrons. The lowest BCUT2D eigenvalue weighted by Crippen LogP contribution is -2.50. The Labute approximate surface area is 97.4 Å². The van der Waals surface area contributed by atoms with Gasteiger partial charge in [-0.15, -0.1) is 0 Å². The van der Waals surface area contributed by atoms with Crippen molar-refractivity contribution in [3.05, 3.63) is 0 Å². The van der Waals surface area contributed by atoms with Gasteiger partial charge in [0.1, 0.15) is 6.04 Å². The number of rotatable bonds is 3. The van der Waals surface area contributed by atoms with E-state index in [2.05, 4.69) is 6.07 Å². The third-order valence-electron chi connectivity index (χ3n) is 3.61. The summed E-state index contributed by atoms with van der Waals surface area (Å²) in [5.74, 6) is 0.102. The molecule has 4 nitrogen and oxygen atoms in total. The topological polar surface area (TPSA) is 70.1 Å². The number of nitrogens with two attached hydrogens (primary N) is 1. The van der Waals surface area contributed by atoms with E-state index >= 15 is 0 Å². The van der Waals surface area contributed by atoms with Gasteiger partial charge in [0.2, 0.25) is 5.91 Å². The number of carbonyl (C=O) groups excluding carboxylic acids is 1. The molecule has 1 aliphatic rings. The average Bonchev–Trinajstić information content (AvgIpc) is 2.67. The zero-order chi connectivity index (χ0) is 12.3. The van der Waals surface area contributed by atoms with Gasteiger partial charge in [-0.2, -0.15) is 5.26 Å². The van der Waals surface area contributed by atoms with Gasteiger partial charge >= 0.3 is 0 Å². The summed E-state index contributed by atoms with van der Waals surface area (Å²) in [6.07, 6.45) is 2.56. The first-order valence-corrected chi connectivity index (χ1v) is 6.00. The number of hydrogen-bond acceptors (Lipinski definition) is 3. The second-order valence-electron chi connectivity index (χ2n) is 4.73. The molecule has 1 saturated heterocycles. The lowest BCUT2D eigenvalue weighted by molar-refractivity contribution is -0.135. The van der Waals surface area contributed by atoms with E-state index in [0.29, 0.717) is 0 Å². The van der Waals surface area contributed by atoms with Crippen LogP contribution in [0.3, 0.4) is 0 Å². The fourth-order valence-corrected chi connectivity index (χ4v) is 2.15. The molecule has 2 N–H and O–H groups in total.